The van der Waals surface area contributed by atoms with Crippen molar-refractivity contribution in [2.45, 2.75) is 405 Å². The Bertz CT molecular complexity index is 1580. The molecule has 0 aliphatic heterocycles. The van der Waals surface area contributed by atoms with Crippen LogP contribution in [-0.4, -0.2) is 74.3 Å². The molecular weight excluding hydrogens is 1100 g/mol. The molecular formula is C77H150N2O7P+. The third-order valence-corrected chi connectivity index (χ3v) is 18.5. The predicted molar refractivity (Wildman–Crippen MR) is 379 cm³/mol. The number of quaternary nitrogens is 1. The molecule has 3 unspecified atom stereocenters. The zero-order valence-electron chi connectivity index (χ0n) is 59.0. The van der Waals surface area contributed by atoms with E-state index >= 15 is 0 Å². The minimum Gasteiger partial charge on any atom is -0.456 e. The van der Waals surface area contributed by atoms with Crippen LogP contribution in [0, 0.1) is 0 Å². The molecule has 2 N–H and O–H groups in total. The number of carbonyl (C=O) groups excluding carboxylic acids is 2. The van der Waals surface area contributed by atoms with E-state index in [1.807, 2.05) is 33.3 Å². The number of likely N-dealkylation sites (N-methyl/N-ethyl adjacent to an activating group) is 1. The molecule has 0 rings (SSSR count). The lowest BCUT2D eigenvalue weighted by atomic mass is 10.0. The van der Waals surface area contributed by atoms with Crippen molar-refractivity contribution >= 4 is 19.7 Å². The second-order valence-corrected chi connectivity index (χ2v) is 29.0. The fourth-order valence-corrected chi connectivity index (χ4v) is 12.4. The first kappa shape index (κ1) is 85.2. The van der Waals surface area contributed by atoms with Crippen molar-refractivity contribution in [2.75, 3.05) is 40.9 Å². The molecule has 87 heavy (non-hydrogen) atoms. The molecule has 0 heterocycles. The number of amides is 1. The zero-order chi connectivity index (χ0) is 63.5. The lowest BCUT2D eigenvalue weighted by molar-refractivity contribution is -0.870. The number of phosphoric ester groups is 1. The summed E-state index contributed by atoms with van der Waals surface area (Å²) in [7, 11) is 1.52. The number of rotatable bonds is 71. The van der Waals surface area contributed by atoms with E-state index in [1.54, 1.807) is 0 Å². The number of nitrogens with one attached hydrogen (secondary N) is 1. The van der Waals surface area contributed by atoms with E-state index < -0.39 is 20.0 Å². The highest BCUT2D eigenvalue weighted by molar-refractivity contribution is 7.47. The first-order valence-corrected chi connectivity index (χ1v) is 39.8. The quantitative estimate of drug-likeness (QED) is 0.0205. The maximum atomic E-state index is 13.6. The highest BCUT2D eigenvalue weighted by Crippen LogP contribution is 2.43. The number of unbranched alkanes of at least 4 members (excludes halogenated alkanes) is 51. The standard InChI is InChI=1S/C77H149N2O7P/c1-7-10-13-16-19-22-25-27-29-31-33-35-37-38-39-40-42-43-45-47-49-51-54-57-60-63-66-69-76(80)78-74(73-85-87(82,83)84-72-71-79(4,5)6)75(68-65-62-59-56-53-24-21-18-15-12-9-3)86-77(81)70-67-64-61-58-55-52-50-48-46-44-41-36-34-32-30-28-26-23-20-17-14-11-8-2/h27-30,65,68,74-75H,7-26,31-64,66-67,69-73H2,1-6H3,(H-,78,80,82,83)/p+1/b29-27+,30-28+,68-65-. The molecule has 0 spiro atoms. The van der Waals surface area contributed by atoms with E-state index in [-0.39, 0.29) is 25.1 Å². The smallest absolute Gasteiger partial charge is 0.456 e. The van der Waals surface area contributed by atoms with Gasteiger partial charge in [0.1, 0.15) is 19.3 Å². The minimum absolute atomic E-state index is 0.0434. The average molecular weight is 1250 g/mol. The minimum atomic E-state index is -4.45. The van der Waals surface area contributed by atoms with Crippen LogP contribution in [0.2, 0.25) is 0 Å². The van der Waals surface area contributed by atoms with Crippen molar-refractivity contribution in [1.82, 2.24) is 5.32 Å². The SMILES string of the molecule is CCCCCCCC/C=C/CCCCCCCCCCCCCCCCCCCC(=O)NC(COP(=O)(O)OCC[N+](C)(C)C)C(/C=C\CCCCCCCCCCC)OC(=O)CCCCCCCCCCCCCCC/C=C/CCCCCCCC. The lowest BCUT2D eigenvalue weighted by Gasteiger charge is -2.27. The number of hydrogen-bond donors (Lipinski definition) is 2. The normalized spacial score (nSPS) is 13.6. The summed E-state index contributed by atoms with van der Waals surface area (Å²) in [5, 5.41) is 3.08. The summed E-state index contributed by atoms with van der Waals surface area (Å²) in [5.41, 5.74) is 0. The van der Waals surface area contributed by atoms with Gasteiger partial charge >= 0.3 is 13.8 Å². The van der Waals surface area contributed by atoms with Gasteiger partial charge in [0.05, 0.1) is 33.8 Å². The molecule has 0 aromatic carbocycles. The average Bonchev–Trinajstić information content (AvgIpc) is 3.70. The summed E-state index contributed by atoms with van der Waals surface area (Å²) in [4.78, 5) is 37.9. The second kappa shape index (κ2) is 67.1. The fourth-order valence-electron chi connectivity index (χ4n) is 11.6. The van der Waals surface area contributed by atoms with Gasteiger partial charge in [-0.25, -0.2) is 4.57 Å². The van der Waals surface area contributed by atoms with E-state index in [0.29, 0.717) is 23.9 Å². The molecule has 1 amide bonds. The highest BCUT2D eigenvalue weighted by Gasteiger charge is 2.30. The van der Waals surface area contributed by atoms with E-state index in [1.165, 1.54) is 302 Å². The molecule has 0 bridgehead atoms. The summed E-state index contributed by atoms with van der Waals surface area (Å²) < 4.78 is 30.9. The molecule has 0 aliphatic rings. The van der Waals surface area contributed by atoms with Crippen molar-refractivity contribution < 1.29 is 37.3 Å². The number of allylic oxidation sites excluding steroid dienone is 5. The maximum Gasteiger partial charge on any atom is 0.472 e. The molecule has 3 atom stereocenters. The molecule has 10 heteroatoms. The molecule has 9 nitrogen and oxygen atoms in total. The number of nitrogens with zero attached hydrogens (tertiary/aromatic N) is 1. The summed E-state index contributed by atoms with van der Waals surface area (Å²) >= 11 is 0. The van der Waals surface area contributed by atoms with E-state index in [9.17, 15) is 19.0 Å². The van der Waals surface area contributed by atoms with Crippen LogP contribution in [0.4, 0.5) is 0 Å². The van der Waals surface area contributed by atoms with Crippen molar-refractivity contribution in [3.8, 4) is 0 Å². The van der Waals surface area contributed by atoms with Gasteiger partial charge in [-0.2, -0.15) is 0 Å². The van der Waals surface area contributed by atoms with Crippen LogP contribution in [0.3, 0.4) is 0 Å². The van der Waals surface area contributed by atoms with Crippen LogP contribution in [0.25, 0.3) is 0 Å². The third kappa shape index (κ3) is 68.4. The summed E-state index contributed by atoms with van der Waals surface area (Å²) in [6.07, 6.45) is 84.6. The molecule has 0 aliphatic carbocycles. The molecule has 0 aromatic heterocycles. The summed E-state index contributed by atoms with van der Waals surface area (Å²) in [5.74, 6) is -0.483. The Hall–Kier alpha value is -1.77. The van der Waals surface area contributed by atoms with Gasteiger partial charge in [0.2, 0.25) is 5.91 Å². The van der Waals surface area contributed by atoms with Crippen molar-refractivity contribution in [1.29, 1.82) is 0 Å². The van der Waals surface area contributed by atoms with Gasteiger partial charge in [-0.1, -0.05) is 334 Å². The van der Waals surface area contributed by atoms with Crippen LogP contribution < -0.4 is 5.32 Å². The van der Waals surface area contributed by atoms with Crippen molar-refractivity contribution in [3.05, 3.63) is 36.5 Å². The third-order valence-electron chi connectivity index (χ3n) is 17.6. The van der Waals surface area contributed by atoms with Crippen LogP contribution in [0.1, 0.15) is 393 Å². The number of esters is 1. The van der Waals surface area contributed by atoms with Gasteiger partial charge in [0, 0.05) is 12.8 Å². The largest absolute Gasteiger partial charge is 0.472 e. The van der Waals surface area contributed by atoms with Gasteiger partial charge < -0.3 is 19.4 Å². The Morgan fingerprint density at radius 2 is 0.667 bits per heavy atom. The fraction of sp³-hybridized carbons (Fsp3) is 0.896. The van der Waals surface area contributed by atoms with Gasteiger partial charge in [0.15, 0.2) is 0 Å². The van der Waals surface area contributed by atoms with E-state index in [2.05, 4.69) is 50.4 Å². The first-order valence-electron chi connectivity index (χ1n) is 38.3. The van der Waals surface area contributed by atoms with Crippen molar-refractivity contribution in [3.63, 3.8) is 0 Å². The Balaban J connectivity index is 4.89. The van der Waals surface area contributed by atoms with Crippen LogP contribution in [0.15, 0.2) is 36.5 Å². The number of ether oxygens (including phenoxy) is 1. The predicted octanol–water partition coefficient (Wildman–Crippen LogP) is 24.6. The first-order chi connectivity index (χ1) is 42.4. The van der Waals surface area contributed by atoms with Crippen molar-refractivity contribution in [2.24, 2.45) is 0 Å². The maximum absolute atomic E-state index is 13.6. The Labute approximate surface area is 542 Å². The Morgan fingerprint density at radius 1 is 0.391 bits per heavy atom. The molecule has 0 aromatic rings. The number of hydrogen-bond acceptors (Lipinski definition) is 6. The van der Waals surface area contributed by atoms with Gasteiger partial charge in [-0.15, -0.1) is 0 Å². The van der Waals surface area contributed by atoms with Crippen LogP contribution in [0.5, 0.6) is 0 Å². The highest BCUT2D eigenvalue weighted by atomic mass is 31.2. The van der Waals surface area contributed by atoms with Gasteiger partial charge in [-0.05, 0) is 83.1 Å². The van der Waals surface area contributed by atoms with E-state index in [4.69, 9.17) is 13.8 Å². The topological polar surface area (TPSA) is 111 Å². The van der Waals surface area contributed by atoms with Gasteiger partial charge in [-0.3, -0.25) is 18.6 Å². The Kier molecular flexibility index (Phi) is 65.8. The summed E-state index contributed by atoms with van der Waals surface area (Å²) in [6, 6.07) is -0.845. The molecule has 0 saturated carbocycles. The monoisotopic (exact) mass is 1250 g/mol. The van der Waals surface area contributed by atoms with E-state index in [0.717, 1.165) is 57.8 Å². The second-order valence-electron chi connectivity index (χ2n) is 27.5. The lowest BCUT2D eigenvalue weighted by Crippen LogP contribution is -2.47. The van der Waals surface area contributed by atoms with Crippen LogP contribution in [-0.2, 0) is 27.9 Å². The Morgan fingerprint density at radius 3 is 0.977 bits per heavy atom. The molecule has 0 fully saturated rings. The molecule has 514 valence electrons. The summed E-state index contributed by atoms with van der Waals surface area (Å²) in [6.45, 7) is 7.07. The zero-order valence-corrected chi connectivity index (χ0v) is 59.9. The number of phosphoric acid groups is 1. The van der Waals surface area contributed by atoms with Crippen LogP contribution >= 0.6 is 7.82 Å². The van der Waals surface area contributed by atoms with Gasteiger partial charge in [0.25, 0.3) is 0 Å². The molecule has 0 saturated heterocycles. The number of carbonyl (C=O) groups is 2. The molecule has 0 radical (unpaired) electrons.